The molecule has 0 radical (unpaired) electrons. The number of halogens is 2. The molecule has 1 aliphatic rings. The molecule has 0 N–H and O–H groups in total. The van der Waals surface area contributed by atoms with Crippen molar-refractivity contribution in [2.24, 2.45) is 0 Å². The van der Waals surface area contributed by atoms with Crippen molar-refractivity contribution in [3.8, 4) is 0 Å². The van der Waals surface area contributed by atoms with Crippen molar-refractivity contribution in [1.29, 1.82) is 0 Å². The van der Waals surface area contributed by atoms with E-state index in [1.54, 1.807) is 17.0 Å². The fourth-order valence-corrected chi connectivity index (χ4v) is 3.62. The van der Waals surface area contributed by atoms with Gasteiger partial charge in [0, 0.05) is 26.2 Å². The van der Waals surface area contributed by atoms with E-state index in [1.165, 1.54) is 11.2 Å². The molecule has 2 amide bonds. The molecule has 12 heteroatoms. The summed E-state index contributed by atoms with van der Waals surface area (Å²) in [6.07, 6.45) is 1.40. The van der Waals surface area contributed by atoms with Crippen molar-refractivity contribution in [2.45, 2.75) is 10.7 Å². The summed E-state index contributed by atoms with van der Waals surface area (Å²) in [5.74, 6) is -5.00. The van der Waals surface area contributed by atoms with Crippen LogP contribution in [0, 0.1) is 0 Å². The van der Waals surface area contributed by atoms with Crippen LogP contribution in [0.3, 0.4) is 0 Å². The largest absolute Gasteiger partial charge is 0.459 e. The lowest BCUT2D eigenvalue weighted by atomic mass is 10.2. The van der Waals surface area contributed by atoms with Gasteiger partial charge in [-0.05, 0) is 36.4 Å². The van der Waals surface area contributed by atoms with Crippen LogP contribution in [0.1, 0.15) is 20.9 Å². The van der Waals surface area contributed by atoms with Crippen LogP contribution in [0.4, 0.5) is 8.78 Å². The number of sulfone groups is 1. The van der Waals surface area contributed by atoms with Crippen LogP contribution >= 0.6 is 0 Å². The summed E-state index contributed by atoms with van der Waals surface area (Å²) in [5, 5.41) is 0. The number of furan rings is 1. The van der Waals surface area contributed by atoms with Crippen LogP contribution in [-0.2, 0) is 19.4 Å². The first-order chi connectivity index (χ1) is 14.7. The molecule has 2 aromatic rings. The number of amides is 2. The molecule has 166 valence electrons. The van der Waals surface area contributed by atoms with E-state index in [4.69, 9.17) is 9.15 Å². The zero-order valence-corrected chi connectivity index (χ0v) is 16.9. The molecule has 31 heavy (non-hydrogen) atoms. The normalized spacial score (nSPS) is 14.5. The molecule has 0 bridgehead atoms. The summed E-state index contributed by atoms with van der Waals surface area (Å²) in [7, 11) is -4.76. The minimum atomic E-state index is -4.76. The van der Waals surface area contributed by atoms with Gasteiger partial charge in [-0.25, -0.2) is 13.2 Å². The highest BCUT2D eigenvalue weighted by atomic mass is 32.2. The third-order valence-electron chi connectivity index (χ3n) is 4.63. The Morgan fingerprint density at radius 2 is 1.61 bits per heavy atom. The molecule has 0 aliphatic carbocycles. The Balaban J connectivity index is 1.48. The predicted octanol–water partition coefficient (Wildman–Crippen LogP) is 1.42. The van der Waals surface area contributed by atoms with E-state index < -0.39 is 39.0 Å². The molecule has 1 fully saturated rings. The van der Waals surface area contributed by atoms with Gasteiger partial charge in [0.15, 0.2) is 12.4 Å². The van der Waals surface area contributed by atoms with Gasteiger partial charge in [-0.1, -0.05) is 0 Å². The second-order valence-electron chi connectivity index (χ2n) is 6.56. The van der Waals surface area contributed by atoms with Gasteiger partial charge < -0.3 is 19.0 Å². The number of piperazine rings is 1. The number of ether oxygens (including phenoxy) is 1. The number of carbonyl (C=O) groups is 3. The monoisotopic (exact) mass is 456 g/mol. The smallest absolute Gasteiger partial charge is 0.341 e. The van der Waals surface area contributed by atoms with E-state index in [1.807, 2.05) is 0 Å². The standard InChI is InChI=1S/C19H18F2N2O7S/c20-19(21)31(27,28)14-5-3-13(4-6-14)18(26)30-12-16(24)22-7-9-23(10-8-22)17(25)15-2-1-11-29-15/h1-6,11,19H,7-10,12H2. The number of nitrogens with zero attached hydrogens (tertiary/aromatic N) is 2. The molecule has 1 aromatic carbocycles. The van der Waals surface area contributed by atoms with Gasteiger partial charge in [0.25, 0.3) is 11.8 Å². The van der Waals surface area contributed by atoms with Gasteiger partial charge in [-0.15, -0.1) is 0 Å². The van der Waals surface area contributed by atoms with E-state index in [-0.39, 0.29) is 30.3 Å². The Hall–Kier alpha value is -3.28. The molecule has 0 spiro atoms. The van der Waals surface area contributed by atoms with Crippen LogP contribution in [0.25, 0.3) is 0 Å². The number of hydrogen-bond donors (Lipinski definition) is 0. The van der Waals surface area contributed by atoms with Crippen molar-refractivity contribution >= 4 is 27.6 Å². The first-order valence-electron chi connectivity index (χ1n) is 9.10. The first kappa shape index (κ1) is 22.4. The summed E-state index contributed by atoms with van der Waals surface area (Å²) in [6, 6.07) is 6.95. The van der Waals surface area contributed by atoms with E-state index in [0.29, 0.717) is 13.1 Å². The van der Waals surface area contributed by atoms with Crippen LogP contribution in [0.2, 0.25) is 0 Å². The van der Waals surface area contributed by atoms with E-state index in [0.717, 1.165) is 24.3 Å². The summed E-state index contributed by atoms with van der Waals surface area (Å²) in [6.45, 7) is 0.534. The molecule has 1 aliphatic heterocycles. The maximum atomic E-state index is 12.5. The second kappa shape index (κ2) is 9.25. The number of alkyl halides is 2. The Morgan fingerprint density at radius 3 is 2.16 bits per heavy atom. The fraction of sp³-hybridized carbons (Fsp3) is 0.316. The molecular formula is C19H18F2N2O7S. The van der Waals surface area contributed by atoms with E-state index in [9.17, 15) is 31.6 Å². The molecule has 0 saturated carbocycles. The molecule has 0 atom stereocenters. The topological polar surface area (TPSA) is 114 Å². The van der Waals surface area contributed by atoms with Crippen LogP contribution in [0.5, 0.6) is 0 Å². The van der Waals surface area contributed by atoms with Gasteiger partial charge in [0.2, 0.25) is 9.84 Å². The summed E-state index contributed by atoms with van der Waals surface area (Å²) >= 11 is 0. The van der Waals surface area contributed by atoms with Crippen molar-refractivity contribution in [3.63, 3.8) is 0 Å². The van der Waals surface area contributed by atoms with Gasteiger partial charge in [0.1, 0.15) is 0 Å². The lowest BCUT2D eigenvalue weighted by Gasteiger charge is -2.34. The second-order valence-corrected chi connectivity index (χ2v) is 8.47. The predicted molar refractivity (Wildman–Crippen MR) is 101 cm³/mol. The van der Waals surface area contributed by atoms with Crippen molar-refractivity contribution in [2.75, 3.05) is 32.8 Å². The van der Waals surface area contributed by atoms with Gasteiger partial charge >= 0.3 is 11.7 Å². The van der Waals surface area contributed by atoms with Crippen LogP contribution in [0.15, 0.2) is 52.0 Å². The lowest BCUT2D eigenvalue weighted by molar-refractivity contribution is -0.136. The van der Waals surface area contributed by atoms with Gasteiger partial charge in [0.05, 0.1) is 16.7 Å². The summed E-state index contributed by atoms with van der Waals surface area (Å²) < 4.78 is 57.8. The number of hydrogen-bond acceptors (Lipinski definition) is 7. The van der Waals surface area contributed by atoms with Crippen molar-refractivity contribution in [1.82, 2.24) is 9.80 Å². The van der Waals surface area contributed by atoms with Gasteiger partial charge in [-0.3, -0.25) is 9.59 Å². The van der Waals surface area contributed by atoms with E-state index >= 15 is 0 Å². The highest BCUT2D eigenvalue weighted by Crippen LogP contribution is 2.19. The minimum Gasteiger partial charge on any atom is -0.459 e. The number of esters is 1. The van der Waals surface area contributed by atoms with Crippen LogP contribution < -0.4 is 0 Å². The molecule has 2 heterocycles. The Kier molecular flexibility index (Phi) is 6.68. The summed E-state index contributed by atoms with van der Waals surface area (Å²) in [4.78, 5) is 38.9. The van der Waals surface area contributed by atoms with Crippen molar-refractivity contribution in [3.05, 3.63) is 54.0 Å². The average molecular weight is 456 g/mol. The first-order valence-corrected chi connectivity index (χ1v) is 10.6. The lowest BCUT2D eigenvalue weighted by Crippen LogP contribution is -2.51. The maximum absolute atomic E-state index is 12.5. The number of carbonyl (C=O) groups excluding carboxylic acids is 3. The fourth-order valence-electron chi connectivity index (χ4n) is 2.90. The number of rotatable bonds is 6. The highest BCUT2D eigenvalue weighted by molar-refractivity contribution is 7.91. The third-order valence-corrected chi connectivity index (χ3v) is 6.03. The SMILES string of the molecule is O=C(OCC(=O)N1CCN(C(=O)c2ccco2)CC1)c1ccc(S(=O)(=O)C(F)F)cc1. The Morgan fingerprint density at radius 1 is 1.00 bits per heavy atom. The minimum absolute atomic E-state index is 0.0881. The highest BCUT2D eigenvalue weighted by Gasteiger charge is 2.28. The molecule has 1 aromatic heterocycles. The molecule has 9 nitrogen and oxygen atoms in total. The quantitative estimate of drug-likeness (QED) is 0.604. The molecule has 1 saturated heterocycles. The molecule has 3 rings (SSSR count). The zero-order valence-electron chi connectivity index (χ0n) is 16.1. The van der Waals surface area contributed by atoms with Crippen LogP contribution in [-0.4, -0.2) is 74.5 Å². The average Bonchev–Trinajstić information content (AvgIpc) is 3.31. The Labute approximate surface area is 176 Å². The number of benzene rings is 1. The summed E-state index contributed by atoms with van der Waals surface area (Å²) in [5.41, 5.74) is -0.0881. The van der Waals surface area contributed by atoms with Crippen molar-refractivity contribution < 1.29 is 40.7 Å². The molecule has 0 unspecified atom stereocenters. The zero-order chi connectivity index (χ0) is 22.6. The maximum Gasteiger partial charge on any atom is 0.341 e. The Bertz CT molecular complexity index is 1050. The van der Waals surface area contributed by atoms with E-state index in [2.05, 4.69) is 0 Å². The van der Waals surface area contributed by atoms with Gasteiger partial charge in [-0.2, -0.15) is 8.78 Å². The molecular weight excluding hydrogens is 438 g/mol. The third kappa shape index (κ3) is 5.08.